The predicted molar refractivity (Wildman–Crippen MR) is 361 cm³/mol. The summed E-state index contributed by atoms with van der Waals surface area (Å²) in [7, 11) is -5.69. The van der Waals surface area contributed by atoms with E-state index in [-0.39, 0.29) is 19.3 Å². The molecular formula is C71H131O24P. The first kappa shape index (κ1) is 87.9. The van der Waals surface area contributed by atoms with Crippen molar-refractivity contribution in [3.8, 4) is 0 Å². The van der Waals surface area contributed by atoms with Gasteiger partial charge in [0, 0.05) is 19.3 Å². The highest BCUT2D eigenvalue weighted by Crippen LogP contribution is 2.49. The molecule has 11 N–H and O–H groups in total. The topological polar surface area (TPSA) is 374 Å². The summed E-state index contributed by atoms with van der Waals surface area (Å²) < 4.78 is 65.0. The van der Waals surface area contributed by atoms with Crippen LogP contribution in [-0.2, 0) is 61.2 Å². The van der Waals surface area contributed by atoms with E-state index < -0.39 is 156 Å². The maximum absolute atomic E-state index is 14.3. The van der Waals surface area contributed by atoms with Crippen molar-refractivity contribution >= 4 is 25.7 Å². The fourth-order valence-electron chi connectivity index (χ4n) is 12.4. The van der Waals surface area contributed by atoms with Crippen LogP contribution in [0.2, 0.25) is 0 Å². The molecule has 24 nitrogen and oxygen atoms in total. The minimum absolute atomic E-state index is 0.00961. The Morgan fingerprint density at radius 3 is 1.14 bits per heavy atom. The van der Waals surface area contributed by atoms with Crippen molar-refractivity contribution in [2.45, 2.75) is 395 Å². The van der Waals surface area contributed by atoms with Crippen LogP contribution in [0, 0.1) is 0 Å². The van der Waals surface area contributed by atoms with E-state index in [2.05, 4.69) is 32.9 Å². The van der Waals surface area contributed by atoms with Gasteiger partial charge in [-0.1, -0.05) is 238 Å². The molecule has 1 aliphatic carbocycles. The lowest BCUT2D eigenvalue weighted by atomic mass is 9.84. The highest BCUT2D eigenvalue weighted by molar-refractivity contribution is 7.47. The number of esters is 3. The number of carbonyl (C=O) groups excluding carboxylic acids is 3. The molecule has 2 heterocycles. The first-order valence-electron chi connectivity index (χ1n) is 37.5. The zero-order valence-electron chi connectivity index (χ0n) is 58.7. The van der Waals surface area contributed by atoms with Gasteiger partial charge in [-0.05, 0) is 44.9 Å². The van der Waals surface area contributed by atoms with Gasteiger partial charge in [0.1, 0.15) is 98.7 Å². The lowest BCUT2D eigenvalue weighted by Gasteiger charge is -2.49. The van der Waals surface area contributed by atoms with Gasteiger partial charge in [0.15, 0.2) is 18.7 Å². The summed E-state index contributed by atoms with van der Waals surface area (Å²) in [6, 6.07) is 0. The molecule has 3 fully saturated rings. The van der Waals surface area contributed by atoms with E-state index in [1.54, 1.807) is 0 Å². The van der Waals surface area contributed by atoms with E-state index in [1.165, 1.54) is 135 Å². The summed E-state index contributed by atoms with van der Waals surface area (Å²) in [6.07, 6.45) is 11.4. The Labute approximate surface area is 573 Å². The van der Waals surface area contributed by atoms with Crippen molar-refractivity contribution in [3.05, 3.63) is 12.2 Å². The van der Waals surface area contributed by atoms with Crippen LogP contribution in [0.4, 0.5) is 0 Å². The Hall–Kier alpha value is -2.30. The van der Waals surface area contributed by atoms with E-state index in [1.807, 2.05) is 0 Å². The highest BCUT2D eigenvalue weighted by atomic mass is 31.2. The van der Waals surface area contributed by atoms with Gasteiger partial charge < -0.3 is 89.1 Å². The number of hydrogen-bond acceptors (Lipinski definition) is 23. The molecule has 0 spiro atoms. The van der Waals surface area contributed by atoms with E-state index in [9.17, 15) is 74.9 Å². The molecule has 25 heteroatoms. The molecule has 0 radical (unpaired) electrons. The first-order chi connectivity index (χ1) is 46.3. The second kappa shape index (κ2) is 53.5. The van der Waals surface area contributed by atoms with Crippen LogP contribution in [-0.4, -0.2) is 204 Å². The summed E-state index contributed by atoms with van der Waals surface area (Å²) in [5.41, 5.74) is 0. The maximum Gasteiger partial charge on any atom is 0.472 e. The average molecular weight is 1400 g/mol. The molecule has 0 amide bonds. The molecule has 0 aromatic carbocycles. The maximum atomic E-state index is 14.3. The number of rotatable bonds is 58. The van der Waals surface area contributed by atoms with Gasteiger partial charge in [0.2, 0.25) is 0 Å². The van der Waals surface area contributed by atoms with Crippen molar-refractivity contribution in [1.29, 1.82) is 0 Å². The van der Waals surface area contributed by atoms with Crippen LogP contribution in [0.25, 0.3) is 0 Å². The molecular weight excluding hydrogens is 1270 g/mol. The largest absolute Gasteiger partial charge is 0.472 e. The number of aliphatic hydroxyl groups excluding tert-OH is 10. The second-order valence-corrected chi connectivity index (χ2v) is 28.4. The minimum Gasteiger partial charge on any atom is -0.463 e. The van der Waals surface area contributed by atoms with Crippen molar-refractivity contribution < 1.29 is 117 Å². The molecule has 0 aromatic rings. The third-order valence-corrected chi connectivity index (χ3v) is 19.5. The normalized spacial score (nSPS) is 28.0. The van der Waals surface area contributed by atoms with Crippen molar-refractivity contribution in [1.82, 2.24) is 0 Å². The SMILES string of the molecule is CCCCCCCCC/C=C\CCCCCC(=O)OCC1OC(OC2C(O)C(O)C(O)C(OC3OC(CO)C(O)C(O)C3O)C2OP(=O)(O)OCC(COC(=O)CCCCCCCCCCCCCC)OC(=O)CCCCCCCCCCCCCCCCC)C(O)C(O)C1O. The third-order valence-electron chi connectivity index (χ3n) is 18.5. The van der Waals surface area contributed by atoms with Gasteiger partial charge >= 0.3 is 25.7 Å². The van der Waals surface area contributed by atoms with Crippen molar-refractivity contribution in [2.75, 3.05) is 26.4 Å². The number of phosphoric ester groups is 1. The van der Waals surface area contributed by atoms with Gasteiger partial charge in [0.25, 0.3) is 0 Å². The van der Waals surface area contributed by atoms with E-state index >= 15 is 0 Å². The molecule has 18 atom stereocenters. The molecule has 1 saturated carbocycles. The molecule has 96 heavy (non-hydrogen) atoms. The summed E-state index contributed by atoms with van der Waals surface area (Å²) in [4.78, 5) is 50.9. The van der Waals surface area contributed by atoms with Gasteiger partial charge in [0.05, 0.1) is 13.2 Å². The Morgan fingerprint density at radius 1 is 0.396 bits per heavy atom. The molecule has 0 aromatic heterocycles. The fourth-order valence-corrected chi connectivity index (χ4v) is 13.4. The van der Waals surface area contributed by atoms with Crippen molar-refractivity contribution in [3.63, 3.8) is 0 Å². The van der Waals surface area contributed by atoms with E-state index in [4.69, 9.17) is 42.2 Å². The molecule has 2 aliphatic heterocycles. The highest BCUT2D eigenvalue weighted by Gasteiger charge is 2.58. The Kier molecular flexibility index (Phi) is 49.0. The summed E-state index contributed by atoms with van der Waals surface area (Å²) in [5, 5.41) is 110. The fraction of sp³-hybridized carbons (Fsp3) is 0.930. The van der Waals surface area contributed by atoms with Crippen LogP contribution in [0.15, 0.2) is 12.2 Å². The molecule has 564 valence electrons. The van der Waals surface area contributed by atoms with Gasteiger partial charge in [-0.15, -0.1) is 0 Å². The Balaban J connectivity index is 1.74. The smallest absolute Gasteiger partial charge is 0.463 e. The number of ether oxygens (including phenoxy) is 7. The number of aliphatic hydroxyl groups is 10. The van der Waals surface area contributed by atoms with Gasteiger partial charge in [-0.2, -0.15) is 0 Å². The quantitative estimate of drug-likeness (QED) is 0.00886. The van der Waals surface area contributed by atoms with E-state index in [0.717, 1.165) is 96.3 Å². The molecule has 2 saturated heterocycles. The zero-order chi connectivity index (χ0) is 70.4. The number of carbonyl (C=O) groups is 3. The summed E-state index contributed by atoms with van der Waals surface area (Å²) in [5.74, 6) is -2.00. The summed E-state index contributed by atoms with van der Waals surface area (Å²) >= 11 is 0. The molecule has 3 aliphatic rings. The van der Waals surface area contributed by atoms with Crippen LogP contribution < -0.4 is 0 Å². The standard InChI is InChI=1S/C71H131O24P/c1-4-7-10-13-16-19-22-25-27-29-32-35-38-41-44-47-57(75)90-52(49-87-55(73)45-42-39-36-33-30-24-21-18-15-12-9-6-3)50-89-96(85,86)95-69-67(93-70-65(83)60(78)58(76)53(48-72)91-70)63(81)62(80)64(82)68(69)94-71-66(84)61(79)59(77)54(92-71)51-88-56(74)46-43-40-37-34-31-28-26-23-20-17-14-11-8-5-2/h28,31,52-54,58-72,76-84H,4-27,29-30,32-51H2,1-3H3,(H,85,86)/b31-28-. The predicted octanol–water partition coefficient (Wildman–Crippen LogP) is 9.96. The molecule has 3 rings (SSSR count). The lowest BCUT2D eigenvalue weighted by Crippen LogP contribution is -2.69. The van der Waals surface area contributed by atoms with Crippen LogP contribution in [0.5, 0.6) is 0 Å². The number of hydrogen-bond donors (Lipinski definition) is 11. The Morgan fingerprint density at radius 2 is 0.729 bits per heavy atom. The number of allylic oxidation sites excluding steroid dienone is 2. The molecule has 0 bridgehead atoms. The first-order valence-corrected chi connectivity index (χ1v) is 39.0. The van der Waals surface area contributed by atoms with E-state index in [0.29, 0.717) is 19.3 Å². The number of phosphoric acid groups is 1. The van der Waals surface area contributed by atoms with Crippen molar-refractivity contribution in [2.24, 2.45) is 0 Å². The third kappa shape index (κ3) is 36.5. The molecule has 18 unspecified atom stereocenters. The number of unbranched alkanes of at least 4 members (excludes halogenated alkanes) is 35. The monoisotopic (exact) mass is 1400 g/mol. The van der Waals surface area contributed by atoms with Gasteiger partial charge in [-0.3, -0.25) is 23.4 Å². The summed E-state index contributed by atoms with van der Waals surface area (Å²) in [6.45, 7) is 3.43. The van der Waals surface area contributed by atoms with Crippen LogP contribution in [0.3, 0.4) is 0 Å². The lowest BCUT2D eigenvalue weighted by molar-refractivity contribution is -0.360. The Bertz CT molecular complexity index is 2040. The van der Waals surface area contributed by atoms with Crippen LogP contribution in [0.1, 0.15) is 290 Å². The van der Waals surface area contributed by atoms with Crippen LogP contribution >= 0.6 is 7.82 Å². The average Bonchev–Trinajstić information content (AvgIpc) is 0.764. The zero-order valence-corrected chi connectivity index (χ0v) is 59.6. The second-order valence-electron chi connectivity index (χ2n) is 27.0. The van der Waals surface area contributed by atoms with Gasteiger partial charge in [-0.25, -0.2) is 4.57 Å². The minimum atomic E-state index is -5.69.